The number of hydrogen-bond acceptors (Lipinski definition) is 2. The molecule has 0 spiro atoms. The number of carboxylic acid groups (broad SMARTS) is 1. The Balaban J connectivity index is 1.86. The maximum Gasteiger partial charge on any atom is 0.417 e. The average Bonchev–Trinajstić information content (AvgIpc) is 3.06. The van der Waals surface area contributed by atoms with Gasteiger partial charge in [-0.25, -0.2) is 9.18 Å². The average molecular weight is 481 g/mol. The van der Waals surface area contributed by atoms with Gasteiger partial charge in [0.2, 0.25) is 0 Å². The Morgan fingerprint density at radius 1 is 1.15 bits per heavy atom. The monoisotopic (exact) mass is 480 g/mol. The number of fused-ring (bicyclic) bond motifs is 3. The fourth-order valence-electron chi connectivity index (χ4n) is 4.20. The number of carbonyl (C=O) groups excluding carboxylic acids is 1. The number of carboxylic acids is 1. The van der Waals surface area contributed by atoms with E-state index in [0.717, 1.165) is 16.5 Å². The molecule has 1 aliphatic rings. The van der Waals surface area contributed by atoms with E-state index in [2.05, 4.69) is 4.98 Å². The van der Waals surface area contributed by atoms with Crippen molar-refractivity contribution in [2.45, 2.75) is 25.4 Å². The number of benzene rings is 2. The topological polar surface area (TPSA) is 73.4 Å². The minimum atomic E-state index is -4.90. The van der Waals surface area contributed by atoms with Gasteiger partial charge in [0.25, 0.3) is 5.91 Å². The van der Waals surface area contributed by atoms with Crippen molar-refractivity contribution in [3.8, 4) is 0 Å². The van der Waals surface area contributed by atoms with Gasteiger partial charge in [0.05, 0.1) is 27.4 Å². The van der Waals surface area contributed by atoms with Gasteiger partial charge in [0.15, 0.2) is 5.82 Å². The molecule has 0 fully saturated rings. The number of aliphatic carboxylic acids is 1. The molecule has 0 saturated heterocycles. The van der Waals surface area contributed by atoms with Crippen LogP contribution in [0.2, 0.25) is 5.02 Å². The lowest BCUT2D eigenvalue weighted by molar-refractivity contribution is -0.137. The molecular weight excluding hydrogens is 464 g/mol. The number of halogens is 5. The second-order valence-corrected chi connectivity index (χ2v) is 8.75. The van der Waals surface area contributed by atoms with Crippen molar-refractivity contribution in [1.82, 2.24) is 9.88 Å². The molecule has 0 unspecified atom stereocenters. The van der Waals surface area contributed by atoms with Gasteiger partial charge in [-0.1, -0.05) is 43.6 Å². The normalized spacial score (nSPS) is 15.7. The van der Waals surface area contributed by atoms with Gasteiger partial charge >= 0.3 is 12.1 Å². The van der Waals surface area contributed by atoms with Gasteiger partial charge in [-0.3, -0.25) is 4.79 Å². The third-order valence-electron chi connectivity index (χ3n) is 5.61. The number of alkyl halides is 3. The maximum absolute atomic E-state index is 14.7. The number of para-hydroxylation sites is 1. The smallest absolute Gasteiger partial charge is 0.417 e. The summed E-state index contributed by atoms with van der Waals surface area (Å²) in [5.41, 5.74) is -1.47. The predicted molar refractivity (Wildman–Crippen MR) is 114 cm³/mol. The maximum atomic E-state index is 14.7. The Kier molecular flexibility index (Phi) is 5.28. The summed E-state index contributed by atoms with van der Waals surface area (Å²) in [6, 6.07) is 8.43. The third-order valence-corrected chi connectivity index (χ3v) is 5.98. The molecule has 1 aromatic heterocycles. The molecule has 10 heteroatoms. The molecule has 4 rings (SSSR count). The quantitative estimate of drug-likeness (QED) is 0.453. The first kappa shape index (κ1) is 22.8. The molecule has 3 aromatic rings. The fourth-order valence-corrected chi connectivity index (χ4v) is 4.47. The Morgan fingerprint density at radius 3 is 2.45 bits per heavy atom. The van der Waals surface area contributed by atoms with E-state index < -0.39 is 45.4 Å². The number of carbonyl (C=O) groups is 2. The highest BCUT2D eigenvalue weighted by atomic mass is 35.5. The van der Waals surface area contributed by atoms with Crippen LogP contribution in [0.25, 0.3) is 16.5 Å². The lowest BCUT2D eigenvalue weighted by Gasteiger charge is -2.30. The molecule has 2 heterocycles. The Morgan fingerprint density at radius 2 is 1.82 bits per heavy atom. The molecule has 2 aromatic carbocycles. The molecule has 1 aliphatic heterocycles. The largest absolute Gasteiger partial charge is 0.478 e. The fraction of sp³-hybridized carbons (Fsp3) is 0.217. The van der Waals surface area contributed by atoms with Crippen LogP contribution < -0.4 is 0 Å². The first-order chi connectivity index (χ1) is 15.3. The number of H-pyrrole nitrogens is 1. The summed E-state index contributed by atoms with van der Waals surface area (Å²) >= 11 is 5.57. The number of rotatable bonds is 2. The number of amides is 1. The molecule has 172 valence electrons. The number of aromatic nitrogens is 1. The van der Waals surface area contributed by atoms with Crippen LogP contribution in [0.1, 0.15) is 41.0 Å². The van der Waals surface area contributed by atoms with Crippen molar-refractivity contribution >= 4 is 40.0 Å². The summed E-state index contributed by atoms with van der Waals surface area (Å²) in [7, 11) is 0. The minimum Gasteiger partial charge on any atom is -0.478 e. The van der Waals surface area contributed by atoms with Gasteiger partial charge in [-0.2, -0.15) is 13.2 Å². The first-order valence-corrected chi connectivity index (χ1v) is 10.1. The van der Waals surface area contributed by atoms with Crippen molar-refractivity contribution in [2.75, 3.05) is 6.54 Å². The third kappa shape index (κ3) is 3.76. The summed E-state index contributed by atoms with van der Waals surface area (Å²) in [6.45, 7) is 3.53. The van der Waals surface area contributed by atoms with E-state index in [4.69, 9.17) is 11.6 Å². The van der Waals surface area contributed by atoms with E-state index in [1.165, 1.54) is 0 Å². The van der Waals surface area contributed by atoms with Crippen molar-refractivity contribution in [3.05, 3.63) is 75.8 Å². The SMILES string of the molecule is CC1(C)CN(C(=O)c2ccc(C(F)(F)F)c(Cl)c2F)C=C(C(=O)O)c2[nH]c3ccccc3c21. The molecule has 0 saturated carbocycles. The van der Waals surface area contributed by atoms with E-state index in [1.54, 1.807) is 32.0 Å². The van der Waals surface area contributed by atoms with Crippen LogP contribution in [0.3, 0.4) is 0 Å². The van der Waals surface area contributed by atoms with Crippen LogP contribution in [0.15, 0.2) is 42.6 Å². The lowest BCUT2D eigenvalue weighted by atomic mass is 9.81. The molecule has 0 bridgehead atoms. The van der Waals surface area contributed by atoms with Gasteiger partial charge in [-0.05, 0) is 23.8 Å². The summed E-state index contributed by atoms with van der Waals surface area (Å²) in [4.78, 5) is 29.3. The molecule has 0 atom stereocenters. The first-order valence-electron chi connectivity index (χ1n) is 9.76. The standard InChI is InChI=1S/C23H17ClF4N2O3/c1-22(2)10-30(20(31)12-7-8-14(23(26,27)28)17(24)18(12)25)9-13(21(32)33)19-16(22)11-5-3-4-6-15(11)29-19/h3-9,29H,10H2,1-2H3,(H,32,33). The summed E-state index contributed by atoms with van der Waals surface area (Å²) in [6.07, 6.45) is -3.83. The predicted octanol–water partition coefficient (Wildman–Crippen LogP) is 5.84. The van der Waals surface area contributed by atoms with Crippen molar-refractivity contribution in [3.63, 3.8) is 0 Å². The second kappa shape index (κ2) is 7.62. The Hall–Kier alpha value is -3.33. The van der Waals surface area contributed by atoms with Crippen LogP contribution in [0, 0.1) is 5.82 Å². The number of nitrogens with zero attached hydrogens (tertiary/aromatic N) is 1. The van der Waals surface area contributed by atoms with E-state index in [-0.39, 0.29) is 12.1 Å². The molecule has 0 aliphatic carbocycles. The van der Waals surface area contributed by atoms with Crippen molar-refractivity contribution in [2.24, 2.45) is 0 Å². The van der Waals surface area contributed by atoms with E-state index in [9.17, 15) is 32.3 Å². The minimum absolute atomic E-state index is 0.0600. The number of aromatic amines is 1. The summed E-state index contributed by atoms with van der Waals surface area (Å²) in [5, 5.41) is 9.40. The zero-order chi connectivity index (χ0) is 24.3. The highest BCUT2D eigenvalue weighted by Gasteiger charge is 2.39. The summed E-state index contributed by atoms with van der Waals surface area (Å²) < 4.78 is 53.8. The molecule has 5 nitrogen and oxygen atoms in total. The van der Waals surface area contributed by atoms with Crippen LogP contribution in [0.4, 0.5) is 17.6 Å². The highest BCUT2D eigenvalue weighted by Crippen LogP contribution is 2.41. The van der Waals surface area contributed by atoms with Crippen LogP contribution in [0.5, 0.6) is 0 Å². The Bertz CT molecular complexity index is 1340. The second-order valence-electron chi connectivity index (χ2n) is 8.37. The van der Waals surface area contributed by atoms with Gasteiger partial charge in [0, 0.05) is 29.1 Å². The van der Waals surface area contributed by atoms with Crippen molar-refractivity contribution in [1.29, 1.82) is 0 Å². The number of hydrogen-bond donors (Lipinski definition) is 2. The van der Waals surface area contributed by atoms with Crippen LogP contribution >= 0.6 is 11.6 Å². The zero-order valence-electron chi connectivity index (χ0n) is 17.3. The van der Waals surface area contributed by atoms with E-state index >= 15 is 0 Å². The van der Waals surface area contributed by atoms with Gasteiger partial charge in [-0.15, -0.1) is 0 Å². The van der Waals surface area contributed by atoms with Crippen LogP contribution in [-0.4, -0.2) is 33.4 Å². The van der Waals surface area contributed by atoms with Gasteiger partial charge < -0.3 is 15.0 Å². The van der Waals surface area contributed by atoms with Gasteiger partial charge in [0.1, 0.15) is 0 Å². The van der Waals surface area contributed by atoms with Crippen molar-refractivity contribution < 1.29 is 32.3 Å². The molecule has 33 heavy (non-hydrogen) atoms. The number of nitrogens with one attached hydrogen (secondary N) is 1. The zero-order valence-corrected chi connectivity index (χ0v) is 18.1. The highest BCUT2D eigenvalue weighted by molar-refractivity contribution is 6.32. The Labute approximate surface area is 190 Å². The van der Waals surface area contributed by atoms with E-state index in [0.29, 0.717) is 28.9 Å². The molecule has 2 N–H and O–H groups in total. The van der Waals surface area contributed by atoms with Crippen LogP contribution in [-0.2, 0) is 16.4 Å². The molecule has 0 radical (unpaired) electrons. The molecular formula is C23H17ClF4N2O3. The lowest BCUT2D eigenvalue weighted by Crippen LogP contribution is -2.37. The van der Waals surface area contributed by atoms with E-state index in [1.807, 2.05) is 6.07 Å². The molecule has 1 amide bonds. The summed E-state index contributed by atoms with van der Waals surface area (Å²) in [5.74, 6) is -3.86.